The van der Waals surface area contributed by atoms with Gasteiger partial charge in [0.05, 0.1) is 0 Å². The van der Waals surface area contributed by atoms with E-state index in [2.05, 4.69) is 0 Å². The predicted octanol–water partition coefficient (Wildman–Crippen LogP) is 3.54. The van der Waals surface area contributed by atoms with Crippen LogP contribution < -0.4 is 0 Å². The predicted molar refractivity (Wildman–Crippen MR) is 99.0 cm³/mol. The van der Waals surface area contributed by atoms with Crippen LogP contribution in [-0.4, -0.2) is 47.8 Å². The topological polar surface area (TPSA) is 40.6 Å². The van der Waals surface area contributed by atoms with Crippen LogP contribution in [0, 0.1) is 17.6 Å². The van der Waals surface area contributed by atoms with E-state index < -0.39 is 11.6 Å². The molecule has 0 spiro atoms. The van der Waals surface area contributed by atoms with Gasteiger partial charge in [0, 0.05) is 44.6 Å². The van der Waals surface area contributed by atoms with Crippen LogP contribution in [0.15, 0.2) is 18.2 Å². The van der Waals surface area contributed by atoms with Crippen molar-refractivity contribution in [3.8, 4) is 0 Å². The van der Waals surface area contributed by atoms with E-state index in [0.717, 1.165) is 32.4 Å². The van der Waals surface area contributed by atoms with Gasteiger partial charge in [-0.3, -0.25) is 9.59 Å². The Bertz CT molecular complexity index is 660. The van der Waals surface area contributed by atoms with Crippen molar-refractivity contribution in [2.24, 2.45) is 5.92 Å². The summed E-state index contributed by atoms with van der Waals surface area (Å²) in [6.07, 6.45) is 5.67. The number of hydrogen-bond acceptors (Lipinski definition) is 2. The second-order valence-electron chi connectivity index (χ2n) is 7.67. The Balaban J connectivity index is 1.43. The summed E-state index contributed by atoms with van der Waals surface area (Å²) in [4.78, 5) is 27.8. The van der Waals surface area contributed by atoms with E-state index >= 15 is 0 Å². The summed E-state index contributed by atoms with van der Waals surface area (Å²) in [5, 5.41) is 0. The maximum absolute atomic E-state index is 13.8. The maximum Gasteiger partial charge on any atom is 0.222 e. The second-order valence-corrected chi connectivity index (χ2v) is 7.67. The smallest absolute Gasteiger partial charge is 0.222 e. The van der Waals surface area contributed by atoms with Crippen molar-refractivity contribution < 1.29 is 18.4 Å². The molecule has 0 aromatic heterocycles. The zero-order chi connectivity index (χ0) is 19.2. The average molecular weight is 378 g/mol. The number of hydrogen-bond donors (Lipinski definition) is 0. The monoisotopic (exact) mass is 378 g/mol. The lowest BCUT2D eigenvalue weighted by atomic mass is 9.91. The molecule has 0 N–H and O–H groups in total. The molecular weight excluding hydrogens is 350 g/mol. The van der Waals surface area contributed by atoms with Crippen LogP contribution in [0.4, 0.5) is 8.78 Å². The number of likely N-dealkylation sites (tertiary alicyclic amines) is 2. The first-order chi connectivity index (χ1) is 13.0. The fourth-order valence-corrected chi connectivity index (χ4v) is 4.17. The fourth-order valence-electron chi connectivity index (χ4n) is 4.17. The highest BCUT2D eigenvalue weighted by Crippen LogP contribution is 2.24. The quantitative estimate of drug-likeness (QED) is 0.728. The number of carbonyl (C=O) groups excluding carboxylic acids is 2. The first-order valence-corrected chi connectivity index (χ1v) is 10.0. The first kappa shape index (κ1) is 19.8. The van der Waals surface area contributed by atoms with Crippen molar-refractivity contribution in [2.45, 2.75) is 51.4 Å². The molecule has 0 bridgehead atoms. The van der Waals surface area contributed by atoms with Crippen LogP contribution in [-0.2, 0) is 16.0 Å². The van der Waals surface area contributed by atoms with Gasteiger partial charge in [0.2, 0.25) is 11.8 Å². The summed E-state index contributed by atoms with van der Waals surface area (Å²) in [5.41, 5.74) is 0.149. The van der Waals surface area contributed by atoms with E-state index in [4.69, 9.17) is 0 Å². The molecule has 0 radical (unpaired) electrons. The minimum atomic E-state index is -0.491. The number of halogens is 2. The Hall–Kier alpha value is -1.98. The molecule has 3 rings (SSSR count). The van der Waals surface area contributed by atoms with E-state index in [1.54, 1.807) is 0 Å². The van der Waals surface area contributed by atoms with E-state index in [1.807, 2.05) is 9.80 Å². The lowest BCUT2D eigenvalue weighted by Gasteiger charge is -2.33. The molecule has 2 heterocycles. The highest BCUT2D eigenvalue weighted by Gasteiger charge is 2.25. The van der Waals surface area contributed by atoms with Gasteiger partial charge in [-0.05, 0) is 56.6 Å². The van der Waals surface area contributed by atoms with Gasteiger partial charge in [0.25, 0.3) is 0 Å². The van der Waals surface area contributed by atoms with Gasteiger partial charge < -0.3 is 9.80 Å². The molecule has 0 aliphatic carbocycles. The summed E-state index contributed by atoms with van der Waals surface area (Å²) in [7, 11) is 0. The van der Waals surface area contributed by atoms with Crippen LogP contribution in [0.25, 0.3) is 0 Å². The Morgan fingerprint density at radius 3 is 2.63 bits per heavy atom. The molecule has 2 amide bonds. The molecule has 1 unspecified atom stereocenters. The van der Waals surface area contributed by atoms with E-state index in [9.17, 15) is 18.4 Å². The van der Waals surface area contributed by atoms with Crippen molar-refractivity contribution in [3.63, 3.8) is 0 Å². The molecule has 1 aromatic carbocycles. The van der Waals surface area contributed by atoms with Crippen LogP contribution in [0.2, 0.25) is 0 Å². The van der Waals surface area contributed by atoms with Gasteiger partial charge in [-0.1, -0.05) is 6.07 Å². The number of carbonyl (C=O) groups is 2. The van der Waals surface area contributed by atoms with Crippen molar-refractivity contribution in [1.82, 2.24) is 9.80 Å². The summed E-state index contributed by atoms with van der Waals surface area (Å²) in [5.74, 6) is -0.378. The van der Waals surface area contributed by atoms with Gasteiger partial charge in [-0.25, -0.2) is 8.78 Å². The van der Waals surface area contributed by atoms with Crippen molar-refractivity contribution in [2.75, 3.05) is 26.2 Å². The van der Waals surface area contributed by atoms with Crippen molar-refractivity contribution in [1.29, 1.82) is 0 Å². The summed E-state index contributed by atoms with van der Waals surface area (Å²) in [6.45, 7) is 2.89. The molecule has 6 heteroatoms. The Morgan fingerprint density at radius 1 is 1.15 bits per heavy atom. The molecule has 148 valence electrons. The van der Waals surface area contributed by atoms with Gasteiger partial charge in [0.15, 0.2) is 0 Å². The zero-order valence-corrected chi connectivity index (χ0v) is 15.8. The van der Waals surface area contributed by atoms with Gasteiger partial charge >= 0.3 is 0 Å². The third kappa shape index (κ3) is 5.27. The second kappa shape index (κ2) is 9.29. The number of nitrogens with zero attached hydrogens (tertiary/aromatic N) is 2. The van der Waals surface area contributed by atoms with E-state index in [1.165, 1.54) is 18.2 Å². The Labute approximate surface area is 159 Å². The Morgan fingerprint density at radius 2 is 1.93 bits per heavy atom. The molecule has 2 aliphatic heterocycles. The van der Waals surface area contributed by atoms with Crippen LogP contribution in [0.5, 0.6) is 0 Å². The third-order valence-electron chi connectivity index (χ3n) is 5.73. The molecule has 0 saturated carbocycles. The normalized spacial score (nSPS) is 20.4. The van der Waals surface area contributed by atoms with Crippen LogP contribution >= 0.6 is 0 Å². The van der Waals surface area contributed by atoms with E-state index in [0.29, 0.717) is 45.2 Å². The number of piperidine rings is 1. The van der Waals surface area contributed by atoms with Gasteiger partial charge in [0.1, 0.15) is 11.6 Å². The number of amides is 2. The summed E-state index contributed by atoms with van der Waals surface area (Å²) in [6, 6.07) is 3.96. The highest BCUT2D eigenvalue weighted by atomic mass is 19.1. The standard InChI is InChI=1S/C21H28F2N2O2/c22-18-6-1-7-19(23)17(18)11-10-16-5-2-14-25(15-16)21(27)9-4-13-24-12-3-8-20(24)26/h1,6-7,16H,2-5,8-15H2. The largest absolute Gasteiger partial charge is 0.343 e. The first-order valence-electron chi connectivity index (χ1n) is 10.0. The molecule has 2 fully saturated rings. The zero-order valence-electron chi connectivity index (χ0n) is 15.8. The third-order valence-corrected chi connectivity index (χ3v) is 5.73. The fraction of sp³-hybridized carbons (Fsp3) is 0.619. The van der Waals surface area contributed by atoms with E-state index in [-0.39, 0.29) is 23.3 Å². The van der Waals surface area contributed by atoms with Crippen molar-refractivity contribution in [3.05, 3.63) is 35.4 Å². The summed E-state index contributed by atoms with van der Waals surface area (Å²) < 4.78 is 27.5. The minimum absolute atomic E-state index is 0.128. The lowest BCUT2D eigenvalue weighted by Crippen LogP contribution is -2.40. The SMILES string of the molecule is O=C1CCCN1CCCC(=O)N1CCCC(CCc2c(F)cccc2F)C1. The van der Waals surface area contributed by atoms with Crippen molar-refractivity contribution >= 4 is 11.8 Å². The number of benzene rings is 1. The maximum atomic E-state index is 13.8. The highest BCUT2D eigenvalue weighted by molar-refractivity contribution is 5.78. The minimum Gasteiger partial charge on any atom is -0.343 e. The van der Waals surface area contributed by atoms with Crippen LogP contribution in [0.3, 0.4) is 0 Å². The molecule has 27 heavy (non-hydrogen) atoms. The molecule has 1 atom stereocenters. The average Bonchev–Trinajstić information content (AvgIpc) is 3.06. The number of rotatable bonds is 7. The van der Waals surface area contributed by atoms with Gasteiger partial charge in [-0.2, -0.15) is 0 Å². The molecular formula is C21H28F2N2O2. The molecule has 2 saturated heterocycles. The lowest BCUT2D eigenvalue weighted by molar-refractivity contribution is -0.134. The molecule has 2 aliphatic rings. The molecule has 4 nitrogen and oxygen atoms in total. The summed E-state index contributed by atoms with van der Waals surface area (Å²) >= 11 is 0. The van der Waals surface area contributed by atoms with Crippen LogP contribution in [0.1, 0.15) is 50.5 Å². The Kier molecular flexibility index (Phi) is 6.80. The molecule has 1 aromatic rings. The van der Waals surface area contributed by atoms with Gasteiger partial charge in [-0.15, -0.1) is 0 Å².